The molecule has 0 aromatic rings. The molecule has 0 aliphatic carbocycles. The second-order valence-electron chi connectivity index (χ2n) is 0.247. The Kier molecular flexibility index (Phi) is 11.9. The summed E-state index contributed by atoms with van der Waals surface area (Å²) in [6, 6.07) is 0. The third kappa shape index (κ3) is 24.5. The van der Waals surface area contributed by atoms with Gasteiger partial charge in [0.1, 0.15) is 0 Å². The van der Waals surface area contributed by atoms with Gasteiger partial charge < -0.3 is 0 Å². The quantitative estimate of drug-likeness (QED) is 0.469. The Morgan fingerprint density at radius 3 is 1.00 bits per heavy atom. The lowest BCUT2D eigenvalue weighted by Crippen LogP contribution is -1.66. The summed E-state index contributed by atoms with van der Waals surface area (Å²) in [7, 11) is 14.8. The van der Waals surface area contributed by atoms with Gasteiger partial charge in [0, 0.05) is 17.4 Å². The maximum absolute atomic E-state index is 4.94. The molecule has 0 aromatic carbocycles. The van der Waals surface area contributed by atoms with Crippen LogP contribution in [0.3, 0.4) is 0 Å². The molecule has 0 aliphatic heterocycles. The fourth-order valence-electron chi connectivity index (χ4n) is 0. The highest BCUT2D eigenvalue weighted by molar-refractivity contribution is 7.54. The van der Waals surface area contributed by atoms with Crippen LogP contribution in [0.2, 0.25) is 0 Å². The monoisotopic (exact) mass is 159 g/mol. The molecule has 27 valence electrons. The molecular weight excluding hydrogens is 160 g/mol. The van der Waals surface area contributed by atoms with Crippen molar-refractivity contribution in [1.82, 2.24) is 0 Å². The fraction of sp³-hybridized carbons (Fsp3) is 0. The Balaban J connectivity index is 0. The molecule has 3 radical (unpaired) electrons. The van der Waals surface area contributed by atoms with Crippen molar-refractivity contribution in [3.63, 3.8) is 0 Å². The van der Waals surface area contributed by atoms with Crippen molar-refractivity contribution in [3.05, 3.63) is 0 Å². The molecule has 0 nitrogen and oxygen atoms in total. The van der Waals surface area contributed by atoms with Crippen LogP contribution >= 0.6 is 30.1 Å². The Morgan fingerprint density at radius 2 is 1.00 bits per heavy atom. The molecule has 0 unspecified atom stereocenters. The van der Waals surface area contributed by atoms with Crippen LogP contribution in [0.15, 0.2) is 0 Å². The minimum atomic E-state index is -1.72. The van der Waals surface area contributed by atoms with Crippen LogP contribution in [0, 0.1) is 0 Å². The molecule has 0 bridgehead atoms. The minimum Gasteiger partial charge on any atom is -0.214 e. The van der Waals surface area contributed by atoms with Gasteiger partial charge in [-0.25, -0.2) is 30.1 Å². The molecule has 0 N–H and O–H groups in total. The van der Waals surface area contributed by atoms with Gasteiger partial charge in [-0.15, -0.1) is 0 Å². The van der Waals surface area contributed by atoms with Crippen molar-refractivity contribution in [2.24, 2.45) is 0 Å². The van der Waals surface area contributed by atoms with Crippen molar-refractivity contribution < 1.29 is 0 Å². The van der Waals surface area contributed by atoms with Gasteiger partial charge >= 0.3 is 11.4 Å². The fourth-order valence-corrected chi connectivity index (χ4v) is 0. The lowest BCUT2D eigenvalue weighted by atomic mass is 26.6. The molecule has 0 saturated carbocycles. The summed E-state index contributed by atoms with van der Waals surface area (Å²) in [4.78, 5) is 0. The van der Waals surface area contributed by atoms with Crippen molar-refractivity contribution in [2.75, 3.05) is 0 Å². The van der Waals surface area contributed by atoms with E-state index in [1.165, 1.54) is 0 Å². The van der Waals surface area contributed by atoms with Crippen LogP contribution in [-0.2, 0) is 0 Å². The number of hydrogen-bond donors (Lipinski definition) is 0. The summed E-state index contributed by atoms with van der Waals surface area (Å²) in [6.07, 6.45) is 0. The van der Waals surface area contributed by atoms with E-state index in [0.717, 1.165) is 0 Å². The Bertz CT molecular complexity index is 9.61. The zero-order valence-corrected chi connectivity index (χ0v) is 6.87. The third-order valence-corrected chi connectivity index (χ3v) is 0. The number of halogens is 3. The molecule has 0 spiro atoms. The molecule has 5 heavy (non-hydrogen) atoms. The standard InChI is InChI=1S/2Al.3ClH/h;;3*1H/q;+3;;;/p-3. The van der Waals surface area contributed by atoms with Crippen LogP contribution in [0.4, 0.5) is 0 Å². The summed E-state index contributed by atoms with van der Waals surface area (Å²) < 4.78 is 0. The maximum Gasteiger partial charge on any atom is 0.643 e. The largest absolute Gasteiger partial charge is 0.643 e. The Hall–Kier alpha value is 1.93. The SMILES string of the molecule is [Al].[Cl][Al]([Cl])[Cl]. The first-order valence-electron chi connectivity index (χ1n) is 0.655. The van der Waals surface area contributed by atoms with Crippen molar-refractivity contribution >= 4 is 58.9 Å². The average Bonchev–Trinajstić information content (AvgIpc) is 0.811. The summed E-state index contributed by atoms with van der Waals surface area (Å²) >= 11 is -1.72. The highest BCUT2D eigenvalue weighted by Crippen LogP contribution is 1.97. The van der Waals surface area contributed by atoms with Crippen LogP contribution in [0.5, 0.6) is 0 Å². The van der Waals surface area contributed by atoms with Gasteiger partial charge in [0.05, 0.1) is 0 Å². The summed E-state index contributed by atoms with van der Waals surface area (Å²) in [6.45, 7) is 0. The van der Waals surface area contributed by atoms with Crippen molar-refractivity contribution in [2.45, 2.75) is 0 Å². The van der Waals surface area contributed by atoms with Crippen LogP contribution < -0.4 is 0 Å². The van der Waals surface area contributed by atoms with E-state index < -0.39 is 11.4 Å². The molecular formula is Al2Cl3. The van der Waals surface area contributed by atoms with E-state index in [4.69, 9.17) is 30.1 Å². The van der Waals surface area contributed by atoms with E-state index in [0.29, 0.717) is 0 Å². The predicted octanol–water partition coefficient (Wildman–Crippen LogP) is 1.31. The van der Waals surface area contributed by atoms with Gasteiger partial charge in [-0.1, -0.05) is 0 Å². The van der Waals surface area contributed by atoms with Gasteiger partial charge in [0.15, 0.2) is 0 Å². The summed E-state index contributed by atoms with van der Waals surface area (Å²) in [5, 5.41) is 0. The van der Waals surface area contributed by atoms with E-state index in [-0.39, 0.29) is 17.4 Å². The molecule has 0 aliphatic rings. The predicted molar refractivity (Wildman–Crippen MR) is 29.1 cm³/mol. The van der Waals surface area contributed by atoms with Gasteiger partial charge in [0.25, 0.3) is 0 Å². The lowest BCUT2D eigenvalue weighted by molar-refractivity contribution is 4.07. The number of hydrogen-bond acceptors (Lipinski definition) is 0. The van der Waals surface area contributed by atoms with E-state index >= 15 is 0 Å². The second-order valence-corrected chi connectivity index (χ2v) is 6.68. The molecule has 0 fully saturated rings. The topological polar surface area (TPSA) is 0 Å². The highest BCUT2D eigenvalue weighted by atomic mass is 35.8. The summed E-state index contributed by atoms with van der Waals surface area (Å²) in [5.74, 6) is 0. The maximum atomic E-state index is 4.94. The molecule has 5 heteroatoms. The normalized spacial score (nSPS) is 5.40. The van der Waals surface area contributed by atoms with Gasteiger partial charge in [0.2, 0.25) is 0 Å². The Morgan fingerprint density at radius 1 is 1.00 bits per heavy atom. The average molecular weight is 160 g/mol. The molecule has 0 saturated heterocycles. The first kappa shape index (κ1) is 10.0. The highest BCUT2D eigenvalue weighted by Gasteiger charge is 2.00. The van der Waals surface area contributed by atoms with Crippen molar-refractivity contribution in [1.29, 1.82) is 0 Å². The first-order valence-corrected chi connectivity index (χ1v) is 5.89. The Labute approximate surface area is 58.5 Å². The summed E-state index contributed by atoms with van der Waals surface area (Å²) in [5.41, 5.74) is 0. The molecule has 0 rings (SSSR count). The number of rotatable bonds is 0. The van der Waals surface area contributed by atoms with Gasteiger partial charge in [-0.05, 0) is 0 Å². The van der Waals surface area contributed by atoms with E-state index in [1.54, 1.807) is 0 Å². The minimum absolute atomic E-state index is 0. The zero-order chi connectivity index (χ0) is 3.58. The molecule has 0 heterocycles. The van der Waals surface area contributed by atoms with Crippen LogP contribution in [0.25, 0.3) is 0 Å². The van der Waals surface area contributed by atoms with Gasteiger partial charge in [-0.3, -0.25) is 0 Å². The smallest absolute Gasteiger partial charge is 0.214 e. The van der Waals surface area contributed by atoms with Crippen LogP contribution in [0.1, 0.15) is 0 Å². The van der Waals surface area contributed by atoms with Crippen molar-refractivity contribution in [3.8, 4) is 0 Å². The third-order valence-electron chi connectivity index (χ3n) is 0. The van der Waals surface area contributed by atoms with Crippen LogP contribution in [-0.4, -0.2) is 28.7 Å². The van der Waals surface area contributed by atoms with E-state index in [9.17, 15) is 0 Å². The lowest BCUT2D eigenvalue weighted by Gasteiger charge is -1.57. The molecule has 0 aromatic heterocycles. The molecule has 0 amide bonds. The van der Waals surface area contributed by atoms with E-state index in [1.807, 2.05) is 0 Å². The first-order chi connectivity index (χ1) is 1.73. The second kappa shape index (κ2) is 5.93. The van der Waals surface area contributed by atoms with Gasteiger partial charge in [-0.2, -0.15) is 0 Å². The zero-order valence-electron chi connectivity index (χ0n) is 2.29. The molecule has 0 atom stereocenters. The van der Waals surface area contributed by atoms with E-state index in [2.05, 4.69) is 0 Å².